The van der Waals surface area contributed by atoms with Crippen LogP contribution in [-0.2, 0) is 6.54 Å². The van der Waals surface area contributed by atoms with Gasteiger partial charge in [-0.25, -0.2) is 4.98 Å². The van der Waals surface area contributed by atoms with E-state index in [9.17, 15) is 0 Å². The van der Waals surface area contributed by atoms with E-state index in [1.165, 1.54) is 5.01 Å². The molecule has 0 bridgehead atoms. The molecule has 1 unspecified atom stereocenters. The Morgan fingerprint density at radius 2 is 2.64 bits per heavy atom. The molecule has 1 saturated heterocycles. The zero-order valence-electron chi connectivity index (χ0n) is 8.16. The van der Waals surface area contributed by atoms with E-state index in [1.54, 1.807) is 11.3 Å². The van der Waals surface area contributed by atoms with Gasteiger partial charge in [-0.2, -0.15) is 0 Å². The molecule has 1 aliphatic heterocycles. The molecule has 1 aliphatic rings. The summed E-state index contributed by atoms with van der Waals surface area (Å²) in [5.74, 6) is 0. The summed E-state index contributed by atoms with van der Waals surface area (Å²) in [5.41, 5.74) is 0. The average molecular weight is 276 g/mol. The van der Waals surface area contributed by atoms with Gasteiger partial charge in [-0.1, -0.05) is 0 Å². The smallest absolute Gasteiger partial charge is 0.108 e. The Kier molecular flexibility index (Phi) is 3.54. The van der Waals surface area contributed by atoms with Crippen molar-refractivity contribution < 1.29 is 0 Å². The van der Waals surface area contributed by atoms with Crippen LogP contribution >= 0.6 is 27.3 Å². The van der Waals surface area contributed by atoms with E-state index in [-0.39, 0.29) is 0 Å². The maximum absolute atomic E-state index is 4.35. The minimum atomic E-state index is 0.617. The van der Waals surface area contributed by atoms with E-state index in [1.807, 2.05) is 6.20 Å². The van der Waals surface area contributed by atoms with E-state index in [4.69, 9.17) is 0 Å². The zero-order chi connectivity index (χ0) is 9.97. The predicted molar refractivity (Wildman–Crippen MR) is 62.6 cm³/mol. The Labute approximate surface area is 96.7 Å². The Morgan fingerprint density at radius 1 is 1.79 bits per heavy atom. The number of rotatable bonds is 2. The third-order valence-corrected chi connectivity index (χ3v) is 3.96. The molecule has 0 aliphatic carbocycles. The van der Waals surface area contributed by atoms with Crippen molar-refractivity contribution in [2.75, 3.05) is 19.6 Å². The minimum Gasteiger partial charge on any atom is -0.314 e. The third-order valence-electron chi connectivity index (χ3n) is 2.50. The summed E-state index contributed by atoms with van der Waals surface area (Å²) in [6.07, 6.45) is 1.88. The maximum Gasteiger partial charge on any atom is 0.108 e. The first-order valence-electron chi connectivity index (χ1n) is 4.80. The molecule has 1 atom stereocenters. The second kappa shape index (κ2) is 4.70. The lowest BCUT2D eigenvalue weighted by Gasteiger charge is -2.33. The third kappa shape index (κ3) is 2.53. The van der Waals surface area contributed by atoms with Gasteiger partial charge in [-0.15, -0.1) is 11.3 Å². The number of hydrogen-bond acceptors (Lipinski definition) is 4. The fourth-order valence-electron chi connectivity index (χ4n) is 1.65. The number of thiazole rings is 1. The standard InChI is InChI=1S/C9H14BrN3S/c1-7-4-11-2-3-13(7)6-9-12-5-8(10)14-9/h5,7,11H,2-4,6H2,1H3. The zero-order valence-corrected chi connectivity index (χ0v) is 10.6. The van der Waals surface area contributed by atoms with Crippen molar-refractivity contribution in [3.63, 3.8) is 0 Å². The van der Waals surface area contributed by atoms with Crippen molar-refractivity contribution in [2.45, 2.75) is 19.5 Å². The summed E-state index contributed by atoms with van der Waals surface area (Å²) in [6, 6.07) is 0.617. The second-order valence-electron chi connectivity index (χ2n) is 3.58. The molecule has 3 nitrogen and oxygen atoms in total. The van der Waals surface area contributed by atoms with Gasteiger partial charge in [0, 0.05) is 25.7 Å². The summed E-state index contributed by atoms with van der Waals surface area (Å²) in [6.45, 7) is 6.55. The van der Waals surface area contributed by atoms with Gasteiger partial charge in [0.05, 0.1) is 16.5 Å². The molecule has 5 heteroatoms. The van der Waals surface area contributed by atoms with Crippen molar-refractivity contribution >= 4 is 27.3 Å². The van der Waals surface area contributed by atoms with Crippen LogP contribution in [0.1, 0.15) is 11.9 Å². The van der Waals surface area contributed by atoms with Gasteiger partial charge in [-0.3, -0.25) is 4.90 Å². The van der Waals surface area contributed by atoms with Gasteiger partial charge in [0.15, 0.2) is 0 Å². The highest BCUT2D eigenvalue weighted by Gasteiger charge is 2.18. The normalized spacial score (nSPS) is 24.0. The minimum absolute atomic E-state index is 0.617. The highest BCUT2D eigenvalue weighted by atomic mass is 79.9. The molecule has 0 amide bonds. The lowest BCUT2D eigenvalue weighted by Crippen LogP contribution is -2.49. The largest absolute Gasteiger partial charge is 0.314 e. The van der Waals surface area contributed by atoms with Crippen molar-refractivity contribution in [1.29, 1.82) is 0 Å². The molecule has 2 rings (SSSR count). The number of nitrogens with zero attached hydrogens (tertiary/aromatic N) is 2. The Morgan fingerprint density at radius 3 is 3.29 bits per heavy atom. The number of piperazine rings is 1. The SMILES string of the molecule is CC1CNCCN1Cc1ncc(Br)s1. The number of hydrogen-bond donors (Lipinski definition) is 1. The molecular formula is C9H14BrN3S. The van der Waals surface area contributed by atoms with Crippen LogP contribution in [-0.4, -0.2) is 35.6 Å². The lowest BCUT2D eigenvalue weighted by atomic mass is 10.2. The van der Waals surface area contributed by atoms with Crippen LogP contribution in [0.3, 0.4) is 0 Å². The van der Waals surface area contributed by atoms with Crippen molar-refractivity contribution in [3.05, 3.63) is 15.0 Å². The van der Waals surface area contributed by atoms with Crippen LogP contribution in [0.25, 0.3) is 0 Å². The van der Waals surface area contributed by atoms with Crippen LogP contribution in [0.2, 0.25) is 0 Å². The first-order chi connectivity index (χ1) is 6.75. The fraction of sp³-hybridized carbons (Fsp3) is 0.667. The van der Waals surface area contributed by atoms with Crippen molar-refractivity contribution in [3.8, 4) is 0 Å². The van der Waals surface area contributed by atoms with Gasteiger partial charge >= 0.3 is 0 Å². The van der Waals surface area contributed by atoms with Crippen molar-refractivity contribution in [1.82, 2.24) is 15.2 Å². The first-order valence-corrected chi connectivity index (χ1v) is 6.41. The van der Waals surface area contributed by atoms with Gasteiger partial charge in [0.1, 0.15) is 5.01 Å². The quantitative estimate of drug-likeness (QED) is 0.891. The van der Waals surface area contributed by atoms with E-state index in [0.29, 0.717) is 6.04 Å². The summed E-state index contributed by atoms with van der Waals surface area (Å²) in [7, 11) is 0. The fourth-order valence-corrected chi connectivity index (χ4v) is 2.98. The molecule has 0 spiro atoms. The number of aromatic nitrogens is 1. The molecule has 2 heterocycles. The van der Waals surface area contributed by atoms with E-state index in [0.717, 1.165) is 30.0 Å². The molecule has 1 aromatic heterocycles. The number of nitrogens with one attached hydrogen (secondary N) is 1. The topological polar surface area (TPSA) is 28.2 Å². The maximum atomic E-state index is 4.35. The predicted octanol–water partition coefficient (Wildman–Crippen LogP) is 1.70. The van der Waals surface area contributed by atoms with E-state index < -0.39 is 0 Å². The summed E-state index contributed by atoms with van der Waals surface area (Å²) < 4.78 is 1.12. The second-order valence-corrected chi connectivity index (χ2v) is 6.08. The molecule has 1 N–H and O–H groups in total. The van der Waals surface area contributed by atoms with Gasteiger partial charge in [0.2, 0.25) is 0 Å². The summed E-state index contributed by atoms with van der Waals surface area (Å²) in [4.78, 5) is 6.83. The lowest BCUT2D eigenvalue weighted by molar-refractivity contribution is 0.165. The molecule has 0 radical (unpaired) electrons. The molecule has 1 aromatic rings. The number of halogens is 1. The summed E-state index contributed by atoms with van der Waals surface area (Å²) in [5, 5.41) is 4.59. The molecule has 14 heavy (non-hydrogen) atoms. The van der Waals surface area contributed by atoms with Gasteiger partial charge in [0.25, 0.3) is 0 Å². The molecular weight excluding hydrogens is 262 g/mol. The van der Waals surface area contributed by atoms with Crippen LogP contribution in [0.4, 0.5) is 0 Å². The van der Waals surface area contributed by atoms with Gasteiger partial charge < -0.3 is 5.32 Å². The monoisotopic (exact) mass is 275 g/mol. The van der Waals surface area contributed by atoms with Gasteiger partial charge in [-0.05, 0) is 22.9 Å². The first kappa shape index (κ1) is 10.5. The Hall–Kier alpha value is 0.0300. The van der Waals surface area contributed by atoms with Crippen LogP contribution in [0, 0.1) is 0 Å². The van der Waals surface area contributed by atoms with Crippen LogP contribution in [0.15, 0.2) is 9.98 Å². The van der Waals surface area contributed by atoms with Crippen molar-refractivity contribution in [2.24, 2.45) is 0 Å². The Balaban J connectivity index is 1.95. The molecule has 1 fully saturated rings. The van der Waals surface area contributed by atoms with E-state index >= 15 is 0 Å². The molecule has 78 valence electrons. The van der Waals surface area contributed by atoms with Crippen LogP contribution < -0.4 is 5.32 Å². The Bertz CT molecular complexity index is 302. The highest BCUT2D eigenvalue weighted by Crippen LogP contribution is 2.21. The van der Waals surface area contributed by atoms with Crippen LogP contribution in [0.5, 0.6) is 0 Å². The molecule has 0 aromatic carbocycles. The average Bonchev–Trinajstić information content (AvgIpc) is 2.56. The highest BCUT2D eigenvalue weighted by molar-refractivity contribution is 9.11. The molecule has 0 saturated carbocycles. The summed E-state index contributed by atoms with van der Waals surface area (Å²) >= 11 is 5.16. The van der Waals surface area contributed by atoms with E-state index in [2.05, 4.69) is 38.1 Å².